The van der Waals surface area contributed by atoms with Gasteiger partial charge >= 0.3 is 0 Å². The minimum absolute atomic E-state index is 0.0196. The maximum absolute atomic E-state index is 7.50. The predicted octanol–water partition coefficient (Wildman–Crippen LogP) is 1.99. The lowest BCUT2D eigenvalue weighted by atomic mass is 10.1. The Hall–Kier alpha value is -1.58. The lowest BCUT2D eigenvalue weighted by Gasteiger charge is -2.28. The van der Waals surface area contributed by atoms with Gasteiger partial charge in [0.2, 0.25) is 0 Å². The molecule has 1 aromatic heterocycles. The zero-order valence-electron chi connectivity index (χ0n) is 10.2. The van der Waals surface area contributed by atoms with Gasteiger partial charge in [0, 0.05) is 19.3 Å². The number of nitrogens with two attached hydrogens (primary N) is 1. The summed E-state index contributed by atoms with van der Waals surface area (Å²) < 4.78 is 0. The normalized spacial score (nSPS) is 12.2. The lowest BCUT2D eigenvalue weighted by Crippen LogP contribution is -2.31. The molecule has 3 N–H and O–H groups in total. The van der Waals surface area contributed by atoms with Gasteiger partial charge in [-0.3, -0.25) is 10.4 Å². The van der Waals surface area contributed by atoms with Crippen LogP contribution in [0.5, 0.6) is 0 Å². The van der Waals surface area contributed by atoms with Gasteiger partial charge in [-0.25, -0.2) is 0 Å². The number of pyridine rings is 1. The van der Waals surface area contributed by atoms with Crippen LogP contribution in [0.2, 0.25) is 0 Å². The van der Waals surface area contributed by atoms with Crippen LogP contribution in [0.4, 0.5) is 5.69 Å². The van der Waals surface area contributed by atoms with E-state index in [1.807, 2.05) is 19.2 Å². The molecule has 16 heavy (non-hydrogen) atoms. The first-order chi connectivity index (χ1) is 7.57. The first kappa shape index (κ1) is 12.5. The number of amidine groups is 1. The molecule has 0 aliphatic rings. The Morgan fingerprint density at radius 3 is 2.88 bits per heavy atom. The molecule has 4 nitrogen and oxygen atoms in total. The van der Waals surface area contributed by atoms with Gasteiger partial charge in [0.1, 0.15) is 11.5 Å². The van der Waals surface area contributed by atoms with E-state index in [1.54, 1.807) is 6.20 Å². The Labute approximate surface area is 97.0 Å². The van der Waals surface area contributed by atoms with Gasteiger partial charge in [-0.2, -0.15) is 0 Å². The Morgan fingerprint density at radius 1 is 1.62 bits per heavy atom. The summed E-state index contributed by atoms with van der Waals surface area (Å²) in [7, 11) is 2.02. The Kier molecular flexibility index (Phi) is 4.28. The van der Waals surface area contributed by atoms with E-state index < -0.39 is 0 Å². The number of nitrogens with one attached hydrogen (secondary N) is 1. The Morgan fingerprint density at radius 2 is 2.31 bits per heavy atom. The van der Waals surface area contributed by atoms with Gasteiger partial charge < -0.3 is 10.6 Å². The number of rotatable bonds is 5. The maximum atomic E-state index is 7.50. The van der Waals surface area contributed by atoms with Crippen LogP contribution in [-0.2, 0) is 0 Å². The molecule has 0 aliphatic carbocycles. The van der Waals surface area contributed by atoms with Crippen molar-refractivity contribution in [3.63, 3.8) is 0 Å². The Bertz CT molecular complexity index is 362. The number of aromatic nitrogens is 1. The quantitative estimate of drug-likeness (QED) is 0.589. The molecule has 1 rings (SSSR count). The third-order valence-electron chi connectivity index (χ3n) is 2.79. The molecule has 4 heteroatoms. The lowest BCUT2D eigenvalue weighted by molar-refractivity contribution is 0.615. The van der Waals surface area contributed by atoms with Crippen molar-refractivity contribution in [1.82, 2.24) is 4.98 Å². The fourth-order valence-corrected chi connectivity index (χ4v) is 1.74. The molecule has 1 heterocycles. The van der Waals surface area contributed by atoms with Crippen LogP contribution in [0.25, 0.3) is 0 Å². The average Bonchev–Trinajstić information content (AvgIpc) is 2.28. The topological polar surface area (TPSA) is 66.0 Å². The van der Waals surface area contributed by atoms with Crippen molar-refractivity contribution < 1.29 is 0 Å². The molecular weight excluding hydrogens is 200 g/mol. The molecule has 0 fully saturated rings. The zero-order valence-corrected chi connectivity index (χ0v) is 10.2. The number of hydrogen-bond donors (Lipinski definition) is 2. The highest BCUT2D eigenvalue weighted by atomic mass is 15.1. The molecular formula is C12H20N4. The van der Waals surface area contributed by atoms with Crippen molar-refractivity contribution >= 4 is 11.5 Å². The number of nitrogens with zero attached hydrogens (tertiary/aromatic N) is 2. The first-order valence-electron chi connectivity index (χ1n) is 5.60. The van der Waals surface area contributed by atoms with Crippen molar-refractivity contribution in [2.24, 2.45) is 5.73 Å². The van der Waals surface area contributed by atoms with E-state index in [-0.39, 0.29) is 5.84 Å². The van der Waals surface area contributed by atoms with E-state index in [4.69, 9.17) is 11.1 Å². The summed E-state index contributed by atoms with van der Waals surface area (Å²) in [6.07, 6.45) is 3.92. The fraction of sp³-hybridized carbons (Fsp3) is 0.500. The van der Waals surface area contributed by atoms with Crippen LogP contribution in [0.1, 0.15) is 32.4 Å². The highest BCUT2D eigenvalue weighted by Crippen LogP contribution is 2.20. The van der Waals surface area contributed by atoms with Crippen molar-refractivity contribution in [1.29, 1.82) is 5.41 Å². The van der Waals surface area contributed by atoms with Crippen LogP contribution < -0.4 is 10.6 Å². The summed E-state index contributed by atoms with van der Waals surface area (Å²) in [4.78, 5) is 6.28. The largest absolute Gasteiger partial charge is 0.382 e. The highest BCUT2D eigenvalue weighted by molar-refractivity contribution is 5.98. The molecule has 0 saturated heterocycles. The van der Waals surface area contributed by atoms with E-state index in [9.17, 15) is 0 Å². The molecule has 1 atom stereocenters. The molecule has 0 bridgehead atoms. The SMILES string of the molecule is CCCC(C)N(C)c1cccnc1C(=N)N. The van der Waals surface area contributed by atoms with Crippen molar-refractivity contribution in [2.75, 3.05) is 11.9 Å². The van der Waals surface area contributed by atoms with E-state index >= 15 is 0 Å². The van der Waals surface area contributed by atoms with Crippen LogP contribution in [0.15, 0.2) is 18.3 Å². The molecule has 0 radical (unpaired) electrons. The third-order valence-corrected chi connectivity index (χ3v) is 2.79. The van der Waals surface area contributed by atoms with Crippen LogP contribution in [0.3, 0.4) is 0 Å². The van der Waals surface area contributed by atoms with Gasteiger partial charge in [0.05, 0.1) is 5.69 Å². The summed E-state index contributed by atoms with van der Waals surface area (Å²) in [5.74, 6) is 0.0196. The number of anilines is 1. The molecule has 0 aliphatic heterocycles. The monoisotopic (exact) mass is 220 g/mol. The second-order valence-electron chi connectivity index (χ2n) is 4.03. The van der Waals surface area contributed by atoms with E-state index in [0.29, 0.717) is 11.7 Å². The molecule has 1 aromatic rings. The molecule has 88 valence electrons. The summed E-state index contributed by atoms with van der Waals surface area (Å²) >= 11 is 0. The summed E-state index contributed by atoms with van der Waals surface area (Å²) in [6.45, 7) is 4.33. The van der Waals surface area contributed by atoms with Crippen LogP contribution in [0, 0.1) is 5.41 Å². The van der Waals surface area contributed by atoms with Gasteiger partial charge in [-0.1, -0.05) is 13.3 Å². The number of nitrogen functional groups attached to an aromatic ring is 1. The van der Waals surface area contributed by atoms with Crippen molar-refractivity contribution in [3.8, 4) is 0 Å². The highest BCUT2D eigenvalue weighted by Gasteiger charge is 2.14. The minimum Gasteiger partial charge on any atom is -0.382 e. The summed E-state index contributed by atoms with van der Waals surface area (Å²) in [5.41, 5.74) is 7.01. The third kappa shape index (κ3) is 2.72. The number of hydrogen-bond acceptors (Lipinski definition) is 3. The molecule has 0 spiro atoms. The zero-order chi connectivity index (χ0) is 12.1. The Balaban J connectivity index is 2.98. The minimum atomic E-state index is 0.0196. The summed E-state index contributed by atoms with van der Waals surface area (Å²) in [6, 6.07) is 4.25. The van der Waals surface area contributed by atoms with Crippen molar-refractivity contribution in [2.45, 2.75) is 32.7 Å². The van der Waals surface area contributed by atoms with Crippen molar-refractivity contribution in [3.05, 3.63) is 24.0 Å². The van der Waals surface area contributed by atoms with Gasteiger partial charge in [-0.05, 0) is 25.5 Å². The summed E-state index contributed by atoms with van der Waals surface area (Å²) in [5, 5.41) is 7.50. The first-order valence-corrected chi connectivity index (χ1v) is 5.60. The standard InChI is InChI=1S/C12H20N4/c1-4-6-9(2)16(3)10-7-5-8-15-11(10)12(13)14/h5,7-9H,4,6H2,1-3H3,(H3,13,14). The van der Waals surface area contributed by atoms with E-state index in [2.05, 4.69) is 23.7 Å². The molecule has 0 aromatic carbocycles. The second kappa shape index (κ2) is 5.49. The smallest absolute Gasteiger partial charge is 0.143 e. The molecule has 1 unspecified atom stereocenters. The van der Waals surface area contributed by atoms with Gasteiger partial charge in [0.15, 0.2) is 0 Å². The van der Waals surface area contributed by atoms with E-state index in [0.717, 1.165) is 18.5 Å². The van der Waals surface area contributed by atoms with Gasteiger partial charge in [-0.15, -0.1) is 0 Å². The average molecular weight is 220 g/mol. The molecule has 0 saturated carbocycles. The second-order valence-corrected chi connectivity index (χ2v) is 4.03. The van der Waals surface area contributed by atoms with Crippen LogP contribution >= 0.6 is 0 Å². The predicted molar refractivity (Wildman–Crippen MR) is 68.0 cm³/mol. The van der Waals surface area contributed by atoms with E-state index in [1.165, 1.54) is 0 Å². The van der Waals surface area contributed by atoms with Gasteiger partial charge in [0.25, 0.3) is 0 Å². The van der Waals surface area contributed by atoms with Crippen LogP contribution in [-0.4, -0.2) is 23.9 Å². The maximum Gasteiger partial charge on any atom is 0.143 e. The molecule has 0 amide bonds. The fourth-order valence-electron chi connectivity index (χ4n) is 1.74.